The number of hydrogen-bond donors (Lipinski definition) is 0. The van der Waals surface area contributed by atoms with Gasteiger partial charge in [-0.3, -0.25) is 0 Å². The molecule has 0 saturated heterocycles. The Morgan fingerprint density at radius 2 is 1.14 bits per heavy atom. The molecule has 0 N–H and O–H groups in total. The SMILES string of the molecule is [2H]C([2H])([2H])c1c[c-]c(-c2cc(C([2H])([2H])[2H])c(C([2H])([2H])[2H])cn2)cc1-c1ccccc1.[2H]C([2H])([2H])n1[c-][n+](-c2[c-]cccc2)c2cc3c(cc21)-c1ccccc1-c1ccccc1-c1ccccc1-3.[Ir+3]. The summed E-state index contributed by atoms with van der Waals surface area (Å²) < 4.78 is 97.2. The molecule has 2 heterocycles. The molecule has 56 heavy (non-hydrogen) atoms. The third-order valence-electron chi connectivity index (χ3n) is 9.89. The second-order valence-corrected chi connectivity index (χ2v) is 13.2. The monoisotopic (exact) mass is 910 g/mol. The molecule has 1 aliphatic carbocycles. The van der Waals surface area contributed by atoms with Crippen LogP contribution in [0.3, 0.4) is 0 Å². The van der Waals surface area contributed by atoms with Crippen molar-refractivity contribution in [2.24, 2.45) is 6.98 Å². The number of fused-ring (bicyclic) bond motifs is 9. The number of aromatic nitrogens is 3. The van der Waals surface area contributed by atoms with E-state index in [1.54, 1.807) is 34.9 Å². The molecule has 3 nitrogen and oxygen atoms in total. The van der Waals surface area contributed by atoms with E-state index in [4.69, 9.17) is 16.4 Å². The number of rotatable bonds is 3. The van der Waals surface area contributed by atoms with Gasteiger partial charge in [0.05, 0.1) is 22.1 Å². The van der Waals surface area contributed by atoms with Gasteiger partial charge in [0.1, 0.15) is 0 Å². The second kappa shape index (κ2) is 15.5. The third-order valence-corrected chi connectivity index (χ3v) is 9.89. The van der Waals surface area contributed by atoms with Gasteiger partial charge in [-0.2, -0.15) is 30.3 Å². The Balaban J connectivity index is 0.000000186. The zero-order valence-electron chi connectivity index (χ0n) is 41.8. The minimum atomic E-state index is -2.65. The number of nitrogens with zero attached hydrogens (tertiary/aromatic N) is 3. The number of aryl methyl sites for hydroxylation is 4. The van der Waals surface area contributed by atoms with Crippen LogP contribution in [0, 0.1) is 39.0 Å². The van der Waals surface area contributed by atoms with E-state index in [0.717, 1.165) is 56.3 Å². The summed E-state index contributed by atoms with van der Waals surface area (Å²) in [5.74, 6) is 0. The summed E-state index contributed by atoms with van der Waals surface area (Å²) in [5, 5.41) is 0. The van der Waals surface area contributed by atoms with Crippen LogP contribution in [0.4, 0.5) is 0 Å². The van der Waals surface area contributed by atoms with Crippen molar-refractivity contribution in [2.75, 3.05) is 0 Å². The van der Waals surface area contributed by atoms with Crippen molar-refractivity contribution in [1.29, 1.82) is 0 Å². The average molecular weight is 910 g/mol. The molecular weight excluding hydrogens is 859 g/mol. The van der Waals surface area contributed by atoms with E-state index in [2.05, 4.69) is 96.2 Å². The molecule has 0 unspecified atom stereocenters. The van der Waals surface area contributed by atoms with E-state index in [1.807, 2.05) is 42.5 Å². The van der Waals surface area contributed by atoms with Gasteiger partial charge in [0.2, 0.25) is 6.33 Å². The molecule has 1 aliphatic rings. The Labute approximate surface area is 359 Å². The molecule has 0 spiro atoms. The van der Waals surface area contributed by atoms with Crippen molar-refractivity contribution in [3.8, 4) is 72.6 Å². The molecule has 4 heteroatoms. The van der Waals surface area contributed by atoms with Crippen LogP contribution in [0.15, 0.2) is 164 Å². The van der Waals surface area contributed by atoms with Crippen molar-refractivity contribution < 1.29 is 41.1 Å². The molecule has 0 amide bonds. The molecule has 0 saturated carbocycles. The Kier molecular flexibility index (Phi) is 6.94. The Morgan fingerprint density at radius 1 is 0.554 bits per heavy atom. The maximum absolute atomic E-state index is 8.25. The molecule has 7 aromatic carbocycles. The molecule has 0 radical (unpaired) electrons. The molecule has 0 atom stereocenters. The van der Waals surface area contributed by atoms with Crippen LogP contribution in [0.1, 0.15) is 33.1 Å². The van der Waals surface area contributed by atoms with E-state index in [0.29, 0.717) is 22.2 Å². The van der Waals surface area contributed by atoms with Crippen molar-refractivity contribution in [2.45, 2.75) is 20.6 Å². The third kappa shape index (κ3) is 6.72. The van der Waals surface area contributed by atoms with Crippen molar-refractivity contribution in [1.82, 2.24) is 9.55 Å². The van der Waals surface area contributed by atoms with Crippen molar-refractivity contribution in [3.05, 3.63) is 199 Å². The van der Waals surface area contributed by atoms with Gasteiger partial charge in [-0.15, -0.1) is 29.3 Å². The molecule has 10 rings (SSSR count). The van der Waals surface area contributed by atoms with Gasteiger partial charge in [-0.25, -0.2) is 0 Å². The first kappa shape index (κ1) is 25.1. The maximum atomic E-state index is 8.25. The van der Waals surface area contributed by atoms with Gasteiger partial charge in [0.15, 0.2) is 0 Å². The summed E-state index contributed by atoms with van der Waals surface area (Å²) in [4.78, 5) is 4.13. The largest absolute Gasteiger partial charge is 3.00 e. The maximum Gasteiger partial charge on any atom is 3.00 e. The molecule has 0 fully saturated rings. The smallest absolute Gasteiger partial charge is 0.342 e. The van der Waals surface area contributed by atoms with Gasteiger partial charge in [0, 0.05) is 18.5 Å². The number of pyridine rings is 1. The van der Waals surface area contributed by atoms with Gasteiger partial charge < -0.3 is 14.1 Å². The number of imidazole rings is 1. The second-order valence-electron chi connectivity index (χ2n) is 13.2. The zero-order valence-corrected chi connectivity index (χ0v) is 32.2. The molecule has 270 valence electrons. The summed E-state index contributed by atoms with van der Waals surface area (Å²) in [6.07, 6.45) is 4.14. The topological polar surface area (TPSA) is 21.7 Å². The first-order valence-corrected chi connectivity index (χ1v) is 17.7. The predicted molar refractivity (Wildman–Crippen MR) is 226 cm³/mol. The molecule has 0 aliphatic heterocycles. The minimum Gasteiger partial charge on any atom is -0.342 e. The summed E-state index contributed by atoms with van der Waals surface area (Å²) in [6, 6.07) is 56.1. The quantitative estimate of drug-likeness (QED) is 0.128. The summed E-state index contributed by atoms with van der Waals surface area (Å²) >= 11 is 0. The standard InChI is InChI=1S/C32H21N2.C20H18N.Ir/c1-33-21-34(22-11-3-2-4-12-22)32-20-30-28-18-10-8-16-26(28)24-14-6-5-13-23(24)25-15-7-9-17-27(25)29(30)19-31(32)33;1-14-9-10-18(20-11-15(2)16(3)13-21-20)12-19(14)17-7-5-4-6-8-17;/h2-11,13-20H,1H3;4-9,11-13H,1-3H3;/q2*-1;+3/i1D3;1D3,2D3,3D3;. The van der Waals surface area contributed by atoms with E-state index in [9.17, 15) is 0 Å². The normalized spacial score (nSPS) is 15.1. The fraction of sp³-hybridized carbons (Fsp3) is 0.0769. The number of para-hydroxylation sites is 1. The first-order chi connectivity index (χ1) is 31.8. The zero-order chi connectivity index (χ0) is 47.5. The minimum absolute atomic E-state index is 0. The number of benzene rings is 7. The van der Waals surface area contributed by atoms with E-state index in [-0.39, 0.29) is 42.5 Å². The van der Waals surface area contributed by atoms with Gasteiger partial charge in [0.25, 0.3) is 0 Å². The molecule has 0 bridgehead atoms. The van der Waals surface area contributed by atoms with Crippen LogP contribution < -0.4 is 4.57 Å². The predicted octanol–water partition coefficient (Wildman–Crippen LogP) is 12.2. The average Bonchev–Trinajstić information content (AvgIpc) is 3.70. The fourth-order valence-electron chi connectivity index (χ4n) is 7.25. The Morgan fingerprint density at radius 3 is 1.73 bits per heavy atom. The van der Waals surface area contributed by atoms with Crippen LogP contribution in [0.2, 0.25) is 0 Å². The van der Waals surface area contributed by atoms with Gasteiger partial charge >= 0.3 is 20.1 Å². The van der Waals surface area contributed by atoms with Crippen LogP contribution in [-0.2, 0) is 27.1 Å². The Bertz CT molecular complexity index is 3300. The molecule has 2 aromatic heterocycles. The summed E-state index contributed by atoms with van der Waals surface area (Å²) in [5.41, 5.74) is 12.0. The molecule has 9 aromatic rings. The first-order valence-electron chi connectivity index (χ1n) is 23.7. The van der Waals surface area contributed by atoms with Crippen LogP contribution >= 0.6 is 0 Å². The van der Waals surface area contributed by atoms with Crippen LogP contribution in [0.5, 0.6) is 0 Å². The van der Waals surface area contributed by atoms with Crippen LogP contribution in [-0.4, -0.2) is 9.55 Å². The van der Waals surface area contributed by atoms with E-state index < -0.39 is 27.5 Å². The summed E-state index contributed by atoms with van der Waals surface area (Å²) in [6.45, 7) is -10.0. The van der Waals surface area contributed by atoms with Crippen molar-refractivity contribution in [3.63, 3.8) is 0 Å². The summed E-state index contributed by atoms with van der Waals surface area (Å²) in [7, 11) is 0. The van der Waals surface area contributed by atoms with Crippen molar-refractivity contribution >= 4 is 11.0 Å². The van der Waals surface area contributed by atoms with Crippen LogP contribution in [0.25, 0.3) is 83.6 Å². The fourth-order valence-corrected chi connectivity index (χ4v) is 7.25. The molecular formula is C52H39IrN3+. The Hall–Kier alpha value is -6.19. The van der Waals surface area contributed by atoms with E-state index >= 15 is 0 Å². The van der Waals surface area contributed by atoms with Gasteiger partial charge in [-0.1, -0.05) is 145 Å². The van der Waals surface area contributed by atoms with Gasteiger partial charge in [-0.05, 0) is 75.0 Å². The van der Waals surface area contributed by atoms with E-state index in [1.165, 1.54) is 22.3 Å². The number of hydrogen-bond acceptors (Lipinski definition) is 1.